The second-order valence-corrected chi connectivity index (χ2v) is 47.4. The first-order valence-corrected chi connectivity index (χ1v) is 47.1. The molecule has 658 valence electrons. The topological polar surface area (TPSA) is 76.1 Å². The fourth-order valence-electron chi connectivity index (χ4n) is 21.8. The third-order valence-corrected chi connectivity index (χ3v) is 29.8. The summed E-state index contributed by atoms with van der Waals surface area (Å²) in [6, 6.07) is 6.58. The number of hydrogen-bond donors (Lipinski definition) is 0. The SMILES string of the molecule is CC(C)(C)N1CCC(C2CCC2)CC1.CC(C)(C)N1CCCC1c1cccnc1.CC(C)(C)N1CCN(C2CC2)CC1.CN1CC2CC(C1)N(C(C)(C)C)C2.CN1CCC2(C1)CN(C(C)(C)C)C2.CN1CCCC12CN(C(C)(C)C)C2.CN1CCCC2(CCCN(C(C)(C)C)C2)C1.Cn1ccnc1CN1CCN(C(C)(C)C)CC1. The van der Waals surface area contributed by atoms with Crippen LogP contribution in [-0.4, -0.2) is 337 Å². The average molecular weight is 1590 g/mol. The van der Waals surface area contributed by atoms with Crippen molar-refractivity contribution in [3.8, 4) is 0 Å². The summed E-state index contributed by atoms with van der Waals surface area (Å²) in [6.45, 7) is 88.6. The summed E-state index contributed by atoms with van der Waals surface area (Å²) in [5.74, 6) is 4.27. The van der Waals surface area contributed by atoms with Gasteiger partial charge in [-0.25, -0.2) is 4.98 Å². The summed E-state index contributed by atoms with van der Waals surface area (Å²) < 4.78 is 2.11. The fraction of sp³-hybridized carbons (Fsp3) is 0.918. The van der Waals surface area contributed by atoms with Crippen molar-refractivity contribution in [1.29, 1.82) is 0 Å². The van der Waals surface area contributed by atoms with Crippen molar-refractivity contribution in [3.05, 3.63) is 48.3 Å². The molecule has 2 aromatic heterocycles. The van der Waals surface area contributed by atoms with Gasteiger partial charge in [0.15, 0.2) is 0 Å². The highest BCUT2D eigenvalue weighted by Gasteiger charge is 2.52. The summed E-state index contributed by atoms with van der Waals surface area (Å²) in [6.07, 6.45) is 32.0. The van der Waals surface area contributed by atoms with Crippen LogP contribution in [-0.2, 0) is 13.6 Å². The monoisotopic (exact) mass is 1590 g/mol. The van der Waals surface area contributed by atoms with Gasteiger partial charge in [0.25, 0.3) is 0 Å². The molecule has 16 rings (SSSR count). The van der Waals surface area contributed by atoms with E-state index in [1.807, 2.05) is 30.9 Å². The van der Waals surface area contributed by atoms with Crippen LogP contribution < -0.4 is 0 Å². The molecule has 17 nitrogen and oxygen atoms in total. The van der Waals surface area contributed by atoms with Crippen LogP contribution in [0.1, 0.15) is 293 Å². The van der Waals surface area contributed by atoms with Gasteiger partial charge >= 0.3 is 0 Å². The molecule has 2 bridgehead atoms. The third-order valence-electron chi connectivity index (χ3n) is 29.8. The number of aryl methyl sites for hydroxylation is 1. The van der Waals surface area contributed by atoms with E-state index in [-0.39, 0.29) is 5.54 Å². The summed E-state index contributed by atoms with van der Waals surface area (Å²) in [4.78, 5) is 44.8. The van der Waals surface area contributed by atoms with Crippen LogP contribution >= 0.6 is 0 Å². The number of aromatic nitrogens is 3. The standard InChI is InChI=1S/C14H28N2.C13H24N4.C13H20N2.C13H25N.4C11H22N2/c1-13(2,3)16-10-6-8-14(12-16)7-5-9-15(4)11-14;1-13(2,3)17-9-7-16(8-10-17)11-12-14-5-6-15(12)4;1-13(2,3)15-9-5-7-12(15)11-6-4-8-14-10-11;1-13(2,3)14-9-7-12(8-10-14)11-5-4-6-11;1-11(2,3)13-7-9-5-10(13)8-12(4)6-9;1-10(2,3)13-8-11(9-13)5-6-12(4)7-11;1-10(2,3)13-8-11(9-13)6-5-7-12(11)4;1-11(2,3)13-8-6-12(7-9-13)10-4-5-10/h5-12H2,1-4H3;5-6H,7-11H2,1-4H3;4,6,8,10,12H,5,7,9H2,1-3H3;11-12H,4-10H2,1-3H3;9-10H,5-8H2,1-4H3;2*5-9H2,1-4H3;10H,4-9H2,1-3H3. The van der Waals surface area contributed by atoms with E-state index in [1.165, 1.54) is 252 Å². The van der Waals surface area contributed by atoms with Gasteiger partial charge in [-0.1, -0.05) is 25.3 Å². The van der Waals surface area contributed by atoms with Gasteiger partial charge in [0.05, 0.1) is 6.54 Å². The van der Waals surface area contributed by atoms with Crippen molar-refractivity contribution in [2.75, 3.05) is 192 Å². The first-order valence-electron chi connectivity index (χ1n) is 47.1. The maximum atomic E-state index is 4.39. The predicted molar refractivity (Wildman–Crippen MR) is 487 cm³/mol. The number of fused-ring (bicyclic) bond motifs is 2. The number of likely N-dealkylation sites (tertiary alicyclic amines) is 10. The third kappa shape index (κ3) is 27.7. The molecule has 12 saturated heterocycles. The van der Waals surface area contributed by atoms with Crippen LogP contribution in [0.25, 0.3) is 0 Å². The molecule has 2 aromatic rings. The number of piperazine rings is 2. The molecule has 4 atom stereocenters. The molecule has 14 fully saturated rings. The maximum Gasteiger partial charge on any atom is 0.122 e. The largest absolute Gasteiger partial charge is 0.337 e. The van der Waals surface area contributed by atoms with Crippen molar-refractivity contribution in [2.45, 2.75) is 350 Å². The molecular formula is C97H185N17. The first-order chi connectivity index (χ1) is 52.9. The molecule has 2 aliphatic carbocycles. The van der Waals surface area contributed by atoms with E-state index in [0.29, 0.717) is 61.2 Å². The lowest BCUT2D eigenvalue weighted by atomic mass is 9.72. The fourth-order valence-corrected chi connectivity index (χ4v) is 21.8. The quantitative estimate of drug-likeness (QED) is 0.285. The van der Waals surface area contributed by atoms with Crippen molar-refractivity contribution in [2.24, 2.45) is 35.6 Å². The van der Waals surface area contributed by atoms with Crippen molar-refractivity contribution in [1.82, 2.24) is 83.1 Å². The van der Waals surface area contributed by atoms with Crippen LogP contribution in [0.15, 0.2) is 36.9 Å². The summed E-state index contributed by atoms with van der Waals surface area (Å²) >= 11 is 0. The highest BCUT2D eigenvalue weighted by Crippen LogP contribution is 2.45. The summed E-state index contributed by atoms with van der Waals surface area (Å²) in [5, 5.41) is 0. The highest BCUT2D eigenvalue weighted by molar-refractivity contribution is 5.17. The Morgan fingerprint density at radius 3 is 1.35 bits per heavy atom. The molecule has 4 unspecified atom stereocenters. The number of nitrogens with zero attached hydrogens (tertiary/aromatic N) is 17. The number of imidazole rings is 1. The second-order valence-electron chi connectivity index (χ2n) is 47.4. The average Bonchev–Trinajstić information content (AvgIpc) is 1.55. The molecule has 17 heteroatoms. The van der Waals surface area contributed by atoms with Gasteiger partial charge in [-0.05, 0) is 365 Å². The number of piperidine rings is 4. The molecule has 12 aliphatic heterocycles. The van der Waals surface area contributed by atoms with Crippen LogP contribution in [0.3, 0.4) is 0 Å². The maximum absolute atomic E-state index is 4.39. The number of likely N-dealkylation sites (N-methyl/N-ethyl adjacent to an activating group) is 2. The number of hydrogen-bond acceptors (Lipinski definition) is 16. The van der Waals surface area contributed by atoms with Crippen molar-refractivity contribution in [3.63, 3.8) is 0 Å². The van der Waals surface area contributed by atoms with Crippen LogP contribution in [0.2, 0.25) is 0 Å². The lowest BCUT2D eigenvalue weighted by molar-refractivity contribution is -0.0661. The van der Waals surface area contributed by atoms with Crippen LogP contribution in [0.4, 0.5) is 0 Å². The normalized spacial score (nSPS) is 28.4. The van der Waals surface area contributed by atoms with Gasteiger partial charge in [-0.2, -0.15) is 0 Å². The molecular weight excluding hydrogens is 1400 g/mol. The zero-order chi connectivity index (χ0) is 83.8. The number of rotatable bonds is 5. The lowest BCUT2D eigenvalue weighted by Crippen LogP contribution is -2.70. The van der Waals surface area contributed by atoms with E-state index in [0.717, 1.165) is 68.4 Å². The minimum atomic E-state index is 0.261. The Bertz CT molecular complexity index is 3080. The van der Waals surface area contributed by atoms with Crippen molar-refractivity contribution >= 4 is 0 Å². The molecule has 0 N–H and O–H groups in total. The van der Waals surface area contributed by atoms with Gasteiger partial charge in [0.1, 0.15) is 5.82 Å². The molecule has 0 radical (unpaired) electrons. The van der Waals surface area contributed by atoms with Gasteiger partial charge in [0.2, 0.25) is 0 Å². The van der Waals surface area contributed by atoms with Crippen LogP contribution in [0.5, 0.6) is 0 Å². The molecule has 114 heavy (non-hydrogen) atoms. The van der Waals surface area contributed by atoms with E-state index in [2.05, 4.69) is 291 Å². The zero-order valence-electron chi connectivity index (χ0n) is 80.4. The first kappa shape index (κ1) is 95.6. The summed E-state index contributed by atoms with van der Waals surface area (Å²) in [7, 11) is 11.1. The molecule has 2 saturated carbocycles. The molecule has 14 heterocycles. The van der Waals surface area contributed by atoms with Gasteiger partial charge < -0.3 is 19.3 Å². The Labute approximate surface area is 704 Å². The minimum Gasteiger partial charge on any atom is -0.337 e. The van der Waals surface area contributed by atoms with E-state index in [4.69, 9.17) is 0 Å². The lowest BCUT2D eigenvalue weighted by Gasteiger charge is -2.57. The Morgan fingerprint density at radius 2 is 0.886 bits per heavy atom. The second kappa shape index (κ2) is 39.5. The molecule has 0 amide bonds. The smallest absolute Gasteiger partial charge is 0.122 e. The van der Waals surface area contributed by atoms with Gasteiger partial charge in [-0.15, -0.1) is 0 Å². The van der Waals surface area contributed by atoms with E-state index in [9.17, 15) is 0 Å². The zero-order valence-corrected chi connectivity index (χ0v) is 80.4. The summed E-state index contributed by atoms with van der Waals surface area (Å²) in [5.41, 5.74) is 6.00. The highest BCUT2D eigenvalue weighted by atomic mass is 15.4. The van der Waals surface area contributed by atoms with Gasteiger partial charge in [-0.3, -0.25) is 58.9 Å². The Kier molecular flexibility index (Phi) is 33.2. The molecule has 14 aliphatic rings. The predicted octanol–water partition coefficient (Wildman–Crippen LogP) is 16.2. The minimum absolute atomic E-state index is 0.261. The number of pyridine rings is 1. The Balaban J connectivity index is 0.000000149. The molecule has 0 aromatic carbocycles. The van der Waals surface area contributed by atoms with Gasteiger partial charge in [0, 0.05) is 223 Å². The van der Waals surface area contributed by atoms with E-state index in [1.54, 1.807) is 0 Å². The van der Waals surface area contributed by atoms with Crippen LogP contribution in [0, 0.1) is 28.6 Å². The Hall–Kier alpha value is -2.20. The Morgan fingerprint density at radius 1 is 0.377 bits per heavy atom. The van der Waals surface area contributed by atoms with E-state index >= 15 is 0 Å². The van der Waals surface area contributed by atoms with E-state index < -0.39 is 0 Å². The molecule has 3 spiro atoms. The van der Waals surface area contributed by atoms with Crippen molar-refractivity contribution < 1.29 is 0 Å².